The van der Waals surface area contributed by atoms with Gasteiger partial charge in [-0.05, 0) is 60.9 Å². The fourth-order valence-corrected chi connectivity index (χ4v) is 3.42. The first-order chi connectivity index (χ1) is 10.7. The van der Waals surface area contributed by atoms with Crippen LogP contribution in [0.15, 0.2) is 54.6 Å². The smallest absolute Gasteiger partial charge is 0.224 e. The van der Waals surface area contributed by atoms with E-state index >= 15 is 0 Å². The molecule has 1 aliphatic carbocycles. The molecule has 0 spiro atoms. The molecule has 22 heavy (non-hydrogen) atoms. The molecule has 0 heterocycles. The second-order valence-corrected chi connectivity index (χ2v) is 6.48. The highest BCUT2D eigenvalue weighted by Crippen LogP contribution is 2.39. The quantitative estimate of drug-likeness (QED) is 0.820. The van der Waals surface area contributed by atoms with Crippen LogP contribution in [0.2, 0.25) is 5.02 Å². The second kappa shape index (κ2) is 6.97. The predicted molar refractivity (Wildman–Crippen MR) is 91.2 cm³/mol. The molecule has 0 aromatic heterocycles. The lowest BCUT2D eigenvalue weighted by atomic mass is 9.95. The van der Waals surface area contributed by atoms with E-state index in [1.165, 1.54) is 12.0 Å². The van der Waals surface area contributed by atoms with Gasteiger partial charge in [-0.1, -0.05) is 41.9 Å². The molecule has 3 rings (SSSR count). The molecule has 0 aliphatic heterocycles. The number of hydrogen-bond acceptors (Lipinski definition) is 1. The summed E-state index contributed by atoms with van der Waals surface area (Å²) in [5.41, 5.74) is 2.22. The predicted octanol–water partition coefficient (Wildman–Crippen LogP) is 5.25. The van der Waals surface area contributed by atoms with Crippen molar-refractivity contribution in [3.63, 3.8) is 0 Å². The van der Waals surface area contributed by atoms with E-state index in [0.29, 0.717) is 23.3 Å². The number of carbonyl (C=O) groups excluding carboxylic acids is 1. The van der Waals surface area contributed by atoms with E-state index in [1.807, 2.05) is 12.1 Å². The summed E-state index contributed by atoms with van der Waals surface area (Å²) in [7, 11) is 0. The SMILES string of the molecule is O=C(CC1CC[C@H](c2ccccc2)C1)Nc1ccc(Cl)cc1. The van der Waals surface area contributed by atoms with Crippen molar-refractivity contribution in [2.45, 2.75) is 31.6 Å². The molecular weight excluding hydrogens is 294 g/mol. The highest BCUT2D eigenvalue weighted by atomic mass is 35.5. The van der Waals surface area contributed by atoms with Gasteiger partial charge >= 0.3 is 0 Å². The Bertz CT molecular complexity index is 624. The van der Waals surface area contributed by atoms with Crippen LogP contribution in [0.4, 0.5) is 5.69 Å². The molecule has 1 amide bonds. The molecule has 1 saturated carbocycles. The molecule has 1 unspecified atom stereocenters. The minimum Gasteiger partial charge on any atom is -0.326 e. The van der Waals surface area contributed by atoms with E-state index in [2.05, 4.69) is 35.6 Å². The van der Waals surface area contributed by atoms with Gasteiger partial charge in [-0.3, -0.25) is 4.79 Å². The van der Waals surface area contributed by atoms with Crippen LogP contribution < -0.4 is 5.32 Å². The zero-order valence-corrected chi connectivity index (χ0v) is 13.2. The number of anilines is 1. The Labute approximate surface area is 136 Å². The number of hydrogen-bond donors (Lipinski definition) is 1. The van der Waals surface area contributed by atoms with Crippen LogP contribution in [0, 0.1) is 5.92 Å². The maximum atomic E-state index is 12.2. The fourth-order valence-electron chi connectivity index (χ4n) is 3.30. The number of benzene rings is 2. The average molecular weight is 314 g/mol. The van der Waals surface area contributed by atoms with Crippen molar-refractivity contribution in [1.82, 2.24) is 0 Å². The molecule has 3 heteroatoms. The molecule has 1 aliphatic rings. The van der Waals surface area contributed by atoms with Crippen molar-refractivity contribution in [1.29, 1.82) is 0 Å². The number of rotatable bonds is 4. The van der Waals surface area contributed by atoms with E-state index < -0.39 is 0 Å². The van der Waals surface area contributed by atoms with Gasteiger partial charge in [-0.25, -0.2) is 0 Å². The summed E-state index contributed by atoms with van der Waals surface area (Å²) in [6.45, 7) is 0. The minimum atomic E-state index is 0.0982. The van der Waals surface area contributed by atoms with Crippen molar-refractivity contribution in [2.24, 2.45) is 5.92 Å². The van der Waals surface area contributed by atoms with E-state index in [4.69, 9.17) is 11.6 Å². The molecule has 2 aromatic rings. The Morgan fingerprint density at radius 3 is 2.50 bits per heavy atom. The summed E-state index contributed by atoms with van der Waals surface area (Å²) in [5.74, 6) is 1.19. The summed E-state index contributed by atoms with van der Waals surface area (Å²) in [6, 6.07) is 17.9. The third-order valence-electron chi connectivity index (χ3n) is 4.41. The first-order valence-electron chi connectivity index (χ1n) is 7.81. The van der Waals surface area contributed by atoms with Gasteiger partial charge in [0.15, 0.2) is 0 Å². The zero-order chi connectivity index (χ0) is 15.4. The van der Waals surface area contributed by atoms with Gasteiger partial charge < -0.3 is 5.32 Å². The van der Waals surface area contributed by atoms with Crippen LogP contribution >= 0.6 is 11.6 Å². The van der Waals surface area contributed by atoms with E-state index in [-0.39, 0.29) is 5.91 Å². The van der Waals surface area contributed by atoms with E-state index in [9.17, 15) is 4.79 Å². The van der Waals surface area contributed by atoms with Crippen molar-refractivity contribution in [3.8, 4) is 0 Å². The van der Waals surface area contributed by atoms with Gasteiger partial charge in [0.05, 0.1) is 0 Å². The van der Waals surface area contributed by atoms with Crippen LogP contribution in [-0.2, 0) is 4.79 Å². The zero-order valence-electron chi connectivity index (χ0n) is 12.5. The molecule has 2 atom stereocenters. The lowest BCUT2D eigenvalue weighted by Gasteiger charge is -2.12. The molecule has 0 radical (unpaired) electrons. The van der Waals surface area contributed by atoms with E-state index in [0.717, 1.165) is 18.5 Å². The molecule has 1 fully saturated rings. The first kappa shape index (κ1) is 15.1. The number of halogens is 1. The summed E-state index contributed by atoms with van der Waals surface area (Å²) in [5, 5.41) is 3.63. The van der Waals surface area contributed by atoms with Crippen molar-refractivity contribution in [3.05, 3.63) is 65.2 Å². The summed E-state index contributed by atoms with van der Waals surface area (Å²) in [4.78, 5) is 12.2. The van der Waals surface area contributed by atoms with Crippen LogP contribution in [0.25, 0.3) is 0 Å². The molecule has 114 valence electrons. The summed E-state index contributed by atoms with van der Waals surface area (Å²) >= 11 is 5.85. The maximum absolute atomic E-state index is 12.2. The van der Waals surface area contributed by atoms with Gasteiger partial charge in [-0.2, -0.15) is 0 Å². The Kier molecular flexibility index (Phi) is 4.79. The number of carbonyl (C=O) groups is 1. The van der Waals surface area contributed by atoms with Crippen LogP contribution in [0.3, 0.4) is 0 Å². The summed E-state index contributed by atoms with van der Waals surface area (Å²) < 4.78 is 0. The number of nitrogens with one attached hydrogen (secondary N) is 1. The van der Waals surface area contributed by atoms with Gasteiger partial charge in [-0.15, -0.1) is 0 Å². The van der Waals surface area contributed by atoms with Crippen molar-refractivity contribution < 1.29 is 4.79 Å². The Morgan fingerprint density at radius 2 is 1.77 bits per heavy atom. The van der Waals surface area contributed by atoms with Crippen LogP contribution in [0.1, 0.15) is 37.2 Å². The molecular formula is C19H20ClNO. The van der Waals surface area contributed by atoms with Gasteiger partial charge in [0.1, 0.15) is 0 Å². The highest BCUT2D eigenvalue weighted by molar-refractivity contribution is 6.30. The normalized spacial score (nSPS) is 20.8. The van der Waals surface area contributed by atoms with Crippen molar-refractivity contribution in [2.75, 3.05) is 5.32 Å². The molecule has 1 N–H and O–H groups in total. The lowest BCUT2D eigenvalue weighted by Crippen LogP contribution is -2.15. The van der Waals surface area contributed by atoms with Gasteiger partial charge in [0.25, 0.3) is 0 Å². The highest BCUT2D eigenvalue weighted by Gasteiger charge is 2.27. The Balaban J connectivity index is 1.51. The maximum Gasteiger partial charge on any atom is 0.224 e. The monoisotopic (exact) mass is 313 g/mol. The van der Waals surface area contributed by atoms with Gasteiger partial charge in [0.2, 0.25) is 5.91 Å². The molecule has 0 bridgehead atoms. The topological polar surface area (TPSA) is 29.1 Å². The third kappa shape index (κ3) is 3.89. The fraction of sp³-hybridized carbons (Fsp3) is 0.316. The number of amides is 1. The molecule has 2 nitrogen and oxygen atoms in total. The molecule has 0 saturated heterocycles. The minimum absolute atomic E-state index is 0.0982. The standard InChI is InChI=1S/C19H20ClNO/c20-17-8-10-18(11-9-17)21-19(22)13-14-6-7-16(12-14)15-4-2-1-3-5-15/h1-5,8-11,14,16H,6-7,12-13H2,(H,21,22)/t14?,16-/m0/s1. The second-order valence-electron chi connectivity index (χ2n) is 6.05. The Morgan fingerprint density at radius 1 is 1.05 bits per heavy atom. The lowest BCUT2D eigenvalue weighted by molar-refractivity contribution is -0.117. The van der Waals surface area contributed by atoms with Gasteiger partial charge in [0, 0.05) is 17.1 Å². The van der Waals surface area contributed by atoms with Crippen molar-refractivity contribution >= 4 is 23.2 Å². The first-order valence-corrected chi connectivity index (χ1v) is 8.19. The third-order valence-corrected chi connectivity index (χ3v) is 4.67. The van der Waals surface area contributed by atoms with Crippen LogP contribution in [-0.4, -0.2) is 5.91 Å². The van der Waals surface area contributed by atoms with Crippen LogP contribution in [0.5, 0.6) is 0 Å². The largest absolute Gasteiger partial charge is 0.326 e. The average Bonchev–Trinajstić information content (AvgIpc) is 2.99. The molecule has 2 aromatic carbocycles. The van der Waals surface area contributed by atoms with E-state index in [1.54, 1.807) is 12.1 Å². The Hall–Kier alpha value is -1.80. The summed E-state index contributed by atoms with van der Waals surface area (Å²) in [6.07, 6.45) is 4.03.